The van der Waals surface area contributed by atoms with Crippen molar-refractivity contribution in [3.63, 3.8) is 0 Å². The van der Waals surface area contributed by atoms with Gasteiger partial charge in [0.25, 0.3) is 0 Å². The highest BCUT2D eigenvalue weighted by Gasteiger charge is 2.22. The Morgan fingerprint density at radius 2 is 1.81 bits per heavy atom. The monoisotopic (exact) mass is 371 g/mol. The van der Waals surface area contributed by atoms with Gasteiger partial charge in [-0.25, -0.2) is 9.78 Å². The van der Waals surface area contributed by atoms with E-state index in [2.05, 4.69) is 15.6 Å². The summed E-state index contributed by atoms with van der Waals surface area (Å²) in [5.41, 5.74) is 1.46. The first-order valence-corrected chi connectivity index (χ1v) is 8.92. The van der Waals surface area contributed by atoms with Crippen molar-refractivity contribution in [1.29, 1.82) is 0 Å². The SMILES string of the molecule is CN(C)C[C@@H](CNC(=O)Nc1ccc(N(C)C)nc1)[C@@H](O)c1ccccc1. The Kier molecular flexibility index (Phi) is 7.57. The van der Waals surface area contributed by atoms with Crippen LogP contribution < -0.4 is 15.5 Å². The van der Waals surface area contributed by atoms with Crippen molar-refractivity contribution in [2.45, 2.75) is 6.10 Å². The Bertz CT molecular complexity index is 704. The van der Waals surface area contributed by atoms with Crippen LogP contribution in [0, 0.1) is 5.92 Å². The van der Waals surface area contributed by atoms with Gasteiger partial charge in [0.1, 0.15) is 5.82 Å². The van der Waals surface area contributed by atoms with Gasteiger partial charge >= 0.3 is 6.03 Å². The predicted molar refractivity (Wildman–Crippen MR) is 109 cm³/mol. The van der Waals surface area contributed by atoms with Gasteiger partial charge in [-0.05, 0) is 31.8 Å². The minimum absolute atomic E-state index is 0.137. The Morgan fingerprint density at radius 1 is 1.11 bits per heavy atom. The summed E-state index contributed by atoms with van der Waals surface area (Å²) < 4.78 is 0. The molecule has 1 aromatic carbocycles. The Labute approximate surface area is 161 Å². The molecular weight excluding hydrogens is 342 g/mol. The molecule has 7 heteroatoms. The van der Waals surface area contributed by atoms with Gasteiger partial charge < -0.3 is 25.5 Å². The molecule has 146 valence electrons. The van der Waals surface area contributed by atoms with Gasteiger partial charge in [-0.15, -0.1) is 0 Å². The van der Waals surface area contributed by atoms with Gasteiger partial charge in [-0.1, -0.05) is 30.3 Å². The zero-order valence-corrected chi connectivity index (χ0v) is 16.4. The number of rotatable bonds is 8. The summed E-state index contributed by atoms with van der Waals surface area (Å²) in [5.74, 6) is 0.681. The van der Waals surface area contributed by atoms with Gasteiger partial charge in [-0.3, -0.25) is 0 Å². The van der Waals surface area contributed by atoms with Crippen LogP contribution in [0.25, 0.3) is 0 Å². The molecule has 2 aromatic rings. The van der Waals surface area contributed by atoms with Crippen LogP contribution >= 0.6 is 0 Å². The molecule has 27 heavy (non-hydrogen) atoms. The zero-order chi connectivity index (χ0) is 19.8. The number of aliphatic hydroxyl groups is 1. The predicted octanol–water partition coefficient (Wildman–Crippen LogP) is 2.18. The van der Waals surface area contributed by atoms with E-state index in [-0.39, 0.29) is 11.9 Å². The van der Waals surface area contributed by atoms with Crippen molar-refractivity contribution < 1.29 is 9.90 Å². The van der Waals surface area contributed by atoms with Crippen molar-refractivity contribution >= 4 is 17.5 Å². The standard InChI is InChI=1S/C20H29N5O2/c1-24(2)14-16(19(26)15-8-6-5-7-9-15)12-22-20(27)23-17-10-11-18(21-13-17)25(3)4/h5-11,13,16,19,26H,12,14H2,1-4H3,(H2,22,23,27)/t16-,19+/m1/s1. The molecule has 1 heterocycles. The van der Waals surface area contributed by atoms with Crippen molar-refractivity contribution in [3.8, 4) is 0 Å². The Balaban J connectivity index is 1.94. The first-order chi connectivity index (χ1) is 12.9. The van der Waals surface area contributed by atoms with Gasteiger partial charge in [0.05, 0.1) is 18.0 Å². The van der Waals surface area contributed by atoms with Crippen LogP contribution in [0.3, 0.4) is 0 Å². The van der Waals surface area contributed by atoms with Crippen molar-refractivity contribution in [1.82, 2.24) is 15.2 Å². The number of urea groups is 1. The van der Waals surface area contributed by atoms with Crippen molar-refractivity contribution in [2.75, 3.05) is 51.5 Å². The summed E-state index contributed by atoms with van der Waals surface area (Å²) >= 11 is 0. The van der Waals surface area contributed by atoms with Gasteiger partial charge in [0, 0.05) is 33.1 Å². The number of hydrogen-bond donors (Lipinski definition) is 3. The lowest BCUT2D eigenvalue weighted by atomic mass is 9.95. The lowest BCUT2D eigenvalue weighted by Crippen LogP contribution is -2.39. The Morgan fingerprint density at radius 3 is 2.37 bits per heavy atom. The highest BCUT2D eigenvalue weighted by Crippen LogP contribution is 2.22. The summed E-state index contributed by atoms with van der Waals surface area (Å²) in [6, 6.07) is 12.8. The molecular formula is C20H29N5O2. The highest BCUT2D eigenvalue weighted by molar-refractivity contribution is 5.89. The molecule has 0 aliphatic carbocycles. The van der Waals surface area contributed by atoms with Crippen molar-refractivity contribution in [2.24, 2.45) is 5.92 Å². The molecule has 7 nitrogen and oxygen atoms in total. The topological polar surface area (TPSA) is 80.7 Å². The zero-order valence-electron chi connectivity index (χ0n) is 16.4. The van der Waals surface area contributed by atoms with Gasteiger partial charge in [0.15, 0.2) is 0 Å². The molecule has 0 radical (unpaired) electrons. The van der Waals surface area contributed by atoms with E-state index >= 15 is 0 Å². The fourth-order valence-corrected chi connectivity index (χ4v) is 2.79. The second-order valence-corrected chi connectivity index (χ2v) is 7.01. The van der Waals surface area contributed by atoms with Crippen LogP contribution in [0.2, 0.25) is 0 Å². The number of hydrogen-bond acceptors (Lipinski definition) is 5. The molecule has 1 aromatic heterocycles. The molecule has 2 atom stereocenters. The summed E-state index contributed by atoms with van der Waals surface area (Å²) in [6.07, 6.45) is 0.959. The van der Waals surface area contributed by atoms with Crippen LogP contribution in [0.15, 0.2) is 48.7 Å². The Hall–Kier alpha value is -2.64. The number of anilines is 2. The van der Waals surface area contributed by atoms with Crippen molar-refractivity contribution in [3.05, 3.63) is 54.2 Å². The third kappa shape index (κ3) is 6.54. The maximum absolute atomic E-state index is 12.2. The molecule has 0 bridgehead atoms. The first kappa shape index (κ1) is 20.7. The maximum atomic E-state index is 12.2. The first-order valence-electron chi connectivity index (χ1n) is 8.92. The van der Waals surface area contributed by atoms with E-state index in [1.807, 2.05) is 74.4 Å². The number of amides is 2. The molecule has 0 aliphatic heterocycles. The molecule has 0 fully saturated rings. The van der Waals surface area contributed by atoms with Crippen LogP contribution in [0.4, 0.5) is 16.3 Å². The number of carbonyl (C=O) groups excluding carboxylic acids is 1. The average Bonchev–Trinajstić information content (AvgIpc) is 2.65. The summed E-state index contributed by atoms with van der Waals surface area (Å²) in [4.78, 5) is 20.4. The molecule has 0 unspecified atom stereocenters. The fraction of sp³-hybridized carbons (Fsp3) is 0.400. The average molecular weight is 371 g/mol. The molecule has 0 saturated carbocycles. The minimum Gasteiger partial charge on any atom is -0.388 e. The number of carbonyl (C=O) groups is 1. The minimum atomic E-state index is -0.657. The van der Waals surface area contributed by atoms with Crippen LogP contribution in [-0.4, -0.2) is 62.3 Å². The number of aromatic nitrogens is 1. The number of nitrogens with one attached hydrogen (secondary N) is 2. The molecule has 0 aliphatic rings. The summed E-state index contributed by atoms with van der Waals surface area (Å²) in [6.45, 7) is 0.999. The second-order valence-electron chi connectivity index (χ2n) is 7.01. The molecule has 2 amide bonds. The summed E-state index contributed by atoms with van der Waals surface area (Å²) in [7, 11) is 7.71. The summed E-state index contributed by atoms with van der Waals surface area (Å²) in [5, 5.41) is 16.3. The van der Waals surface area contributed by atoms with E-state index in [1.165, 1.54) is 0 Å². The fourth-order valence-electron chi connectivity index (χ4n) is 2.79. The number of pyridine rings is 1. The lowest BCUT2D eigenvalue weighted by Gasteiger charge is -2.26. The van der Waals surface area contributed by atoms with E-state index in [4.69, 9.17) is 0 Å². The van der Waals surface area contributed by atoms with Crippen LogP contribution in [-0.2, 0) is 0 Å². The van der Waals surface area contributed by atoms with Gasteiger partial charge in [0.2, 0.25) is 0 Å². The van der Waals surface area contributed by atoms with E-state index in [1.54, 1.807) is 12.3 Å². The number of aliphatic hydroxyl groups excluding tert-OH is 1. The van der Waals surface area contributed by atoms with Crippen LogP contribution in [0.5, 0.6) is 0 Å². The largest absolute Gasteiger partial charge is 0.388 e. The molecule has 3 N–H and O–H groups in total. The van der Waals surface area contributed by atoms with E-state index in [0.29, 0.717) is 18.8 Å². The quantitative estimate of drug-likeness (QED) is 0.663. The number of benzene rings is 1. The lowest BCUT2D eigenvalue weighted by molar-refractivity contribution is 0.0911. The van der Waals surface area contributed by atoms with Gasteiger partial charge in [-0.2, -0.15) is 0 Å². The molecule has 2 rings (SSSR count). The van der Waals surface area contributed by atoms with Crippen LogP contribution in [0.1, 0.15) is 11.7 Å². The maximum Gasteiger partial charge on any atom is 0.319 e. The van der Waals surface area contributed by atoms with E-state index in [0.717, 1.165) is 11.4 Å². The normalized spacial score (nSPS) is 13.1. The van der Waals surface area contributed by atoms with E-state index in [9.17, 15) is 9.90 Å². The highest BCUT2D eigenvalue weighted by atomic mass is 16.3. The third-order valence-corrected chi connectivity index (χ3v) is 4.18. The molecule has 0 spiro atoms. The number of nitrogens with zero attached hydrogens (tertiary/aromatic N) is 3. The van der Waals surface area contributed by atoms with E-state index < -0.39 is 6.10 Å². The smallest absolute Gasteiger partial charge is 0.319 e. The third-order valence-electron chi connectivity index (χ3n) is 4.18. The second kappa shape index (κ2) is 9.89. The molecule has 0 saturated heterocycles.